The van der Waals surface area contributed by atoms with E-state index in [2.05, 4.69) is 15.0 Å². The van der Waals surface area contributed by atoms with Gasteiger partial charge in [0.1, 0.15) is 0 Å². The van der Waals surface area contributed by atoms with E-state index in [0.29, 0.717) is 5.13 Å². The van der Waals surface area contributed by atoms with Crippen LogP contribution in [0.4, 0.5) is 5.13 Å². The first-order chi connectivity index (χ1) is 12.9. The van der Waals surface area contributed by atoms with Crippen molar-refractivity contribution < 1.29 is 13.2 Å². The van der Waals surface area contributed by atoms with Gasteiger partial charge in [-0.1, -0.05) is 54.7 Å². The van der Waals surface area contributed by atoms with Crippen LogP contribution in [-0.2, 0) is 10.0 Å². The Morgan fingerprint density at radius 3 is 2.56 bits per heavy atom. The van der Waals surface area contributed by atoms with E-state index in [1.807, 2.05) is 37.3 Å². The molecular formula is C19H19N3O3S2. The van der Waals surface area contributed by atoms with Crippen LogP contribution in [0.2, 0.25) is 0 Å². The number of amides is 1. The van der Waals surface area contributed by atoms with Gasteiger partial charge in [0.05, 0.1) is 15.5 Å². The highest BCUT2D eigenvalue weighted by Crippen LogP contribution is 2.32. The van der Waals surface area contributed by atoms with Gasteiger partial charge >= 0.3 is 0 Å². The number of nitrogens with zero attached hydrogens (tertiary/aromatic N) is 1. The van der Waals surface area contributed by atoms with E-state index in [-0.39, 0.29) is 17.0 Å². The Balaban J connectivity index is 1.83. The van der Waals surface area contributed by atoms with E-state index < -0.39 is 15.9 Å². The Labute approximate surface area is 162 Å². The zero-order valence-electron chi connectivity index (χ0n) is 14.9. The van der Waals surface area contributed by atoms with Crippen molar-refractivity contribution >= 4 is 32.4 Å². The highest BCUT2D eigenvalue weighted by Gasteiger charge is 2.17. The molecule has 140 valence electrons. The van der Waals surface area contributed by atoms with Crippen LogP contribution in [-0.4, -0.2) is 25.9 Å². The van der Waals surface area contributed by atoms with Crippen LogP contribution < -0.4 is 10.0 Å². The largest absolute Gasteiger partial charge is 0.298 e. The monoisotopic (exact) mass is 401 g/mol. The lowest BCUT2D eigenvalue weighted by atomic mass is 10.2. The van der Waals surface area contributed by atoms with Gasteiger partial charge in [0, 0.05) is 12.1 Å². The molecule has 27 heavy (non-hydrogen) atoms. The third-order valence-corrected chi connectivity index (χ3v) is 6.46. The summed E-state index contributed by atoms with van der Waals surface area (Å²) in [7, 11) is -3.62. The second-order valence-corrected chi connectivity index (χ2v) is 8.55. The molecule has 2 N–H and O–H groups in total. The molecule has 0 radical (unpaired) electrons. The fourth-order valence-electron chi connectivity index (χ4n) is 2.55. The molecule has 0 aliphatic carbocycles. The predicted molar refractivity (Wildman–Crippen MR) is 108 cm³/mol. The van der Waals surface area contributed by atoms with Crippen LogP contribution in [0.25, 0.3) is 10.4 Å². The Morgan fingerprint density at radius 1 is 1.11 bits per heavy atom. The number of carbonyl (C=O) groups is 1. The summed E-state index contributed by atoms with van der Waals surface area (Å²) in [5.74, 6) is -0.406. The van der Waals surface area contributed by atoms with E-state index in [4.69, 9.17) is 0 Å². The summed E-state index contributed by atoms with van der Waals surface area (Å²) in [6.07, 6.45) is 0. The summed E-state index contributed by atoms with van der Waals surface area (Å²) >= 11 is 1.38. The average Bonchev–Trinajstić information content (AvgIpc) is 3.02. The lowest BCUT2D eigenvalue weighted by molar-refractivity contribution is 0.102. The van der Waals surface area contributed by atoms with Crippen molar-refractivity contribution in [1.29, 1.82) is 0 Å². The van der Waals surface area contributed by atoms with Crippen molar-refractivity contribution in [3.63, 3.8) is 0 Å². The number of aryl methyl sites for hydroxylation is 1. The van der Waals surface area contributed by atoms with Crippen molar-refractivity contribution in [3.05, 3.63) is 65.9 Å². The van der Waals surface area contributed by atoms with Gasteiger partial charge in [0.15, 0.2) is 5.13 Å². The number of nitrogens with one attached hydrogen (secondary N) is 2. The Bertz CT molecular complexity index is 1060. The summed E-state index contributed by atoms with van der Waals surface area (Å²) in [6, 6.07) is 15.7. The molecule has 0 atom stereocenters. The first kappa shape index (κ1) is 19.2. The first-order valence-electron chi connectivity index (χ1n) is 8.34. The molecule has 0 saturated carbocycles. The van der Waals surface area contributed by atoms with E-state index >= 15 is 0 Å². The number of carbonyl (C=O) groups excluding carboxylic acids is 1. The number of benzene rings is 2. The molecule has 0 aliphatic rings. The molecule has 1 heterocycles. The molecule has 0 bridgehead atoms. The van der Waals surface area contributed by atoms with Gasteiger partial charge in [-0.05, 0) is 30.7 Å². The highest BCUT2D eigenvalue weighted by molar-refractivity contribution is 7.89. The molecule has 2 aromatic carbocycles. The van der Waals surface area contributed by atoms with Crippen LogP contribution in [0, 0.1) is 6.92 Å². The third-order valence-electron chi connectivity index (χ3n) is 3.79. The van der Waals surface area contributed by atoms with Gasteiger partial charge in [-0.3, -0.25) is 10.1 Å². The second kappa shape index (κ2) is 7.99. The minimum Gasteiger partial charge on any atom is -0.298 e. The van der Waals surface area contributed by atoms with E-state index in [0.717, 1.165) is 16.1 Å². The molecule has 0 unspecified atom stereocenters. The van der Waals surface area contributed by atoms with E-state index in [1.165, 1.54) is 23.5 Å². The molecule has 8 heteroatoms. The molecule has 3 rings (SSSR count). The quantitative estimate of drug-likeness (QED) is 0.660. The number of hydrogen-bond acceptors (Lipinski definition) is 5. The van der Waals surface area contributed by atoms with Gasteiger partial charge in [0.2, 0.25) is 10.0 Å². The molecule has 0 fully saturated rings. The standard InChI is InChI=1S/C19H19N3O3S2/c1-3-20-27(24,25)16-11-7-10-15(12-16)18(23)22-19-21-13(2)17(26-19)14-8-5-4-6-9-14/h4-12,20H,3H2,1-2H3,(H,21,22,23). The Morgan fingerprint density at radius 2 is 1.85 bits per heavy atom. The van der Waals surface area contributed by atoms with Gasteiger partial charge in [-0.2, -0.15) is 0 Å². The van der Waals surface area contributed by atoms with Crippen molar-refractivity contribution in [2.45, 2.75) is 18.7 Å². The lowest BCUT2D eigenvalue weighted by Gasteiger charge is -2.06. The fourth-order valence-corrected chi connectivity index (χ4v) is 4.61. The zero-order valence-corrected chi connectivity index (χ0v) is 16.5. The van der Waals surface area contributed by atoms with Gasteiger partial charge < -0.3 is 0 Å². The van der Waals surface area contributed by atoms with Crippen molar-refractivity contribution in [2.24, 2.45) is 0 Å². The molecular weight excluding hydrogens is 382 g/mol. The predicted octanol–water partition coefficient (Wildman–Crippen LogP) is 3.67. The number of anilines is 1. The zero-order chi connectivity index (χ0) is 19.4. The maximum absolute atomic E-state index is 12.5. The number of aromatic nitrogens is 1. The molecule has 0 aliphatic heterocycles. The Kier molecular flexibility index (Phi) is 5.69. The number of thiazole rings is 1. The highest BCUT2D eigenvalue weighted by atomic mass is 32.2. The van der Waals surface area contributed by atoms with Crippen LogP contribution in [0.15, 0.2) is 59.5 Å². The van der Waals surface area contributed by atoms with Crippen molar-refractivity contribution in [1.82, 2.24) is 9.71 Å². The minimum atomic E-state index is -3.62. The normalized spacial score (nSPS) is 11.3. The molecule has 3 aromatic rings. The summed E-state index contributed by atoms with van der Waals surface area (Å²) < 4.78 is 26.6. The maximum Gasteiger partial charge on any atom is 0.257 e. The van der Waals surface area contributed by atoms with E-state index in [9.17, 15) is 13.2 Å². The minimum absolute atomic E-state index is 0.0530. The summed E-state index contributed by atoms with van der Waals surface area (Å²) in [4.78, 5) is 18.0. The van der Waals surface area contributed by atoms with Crippen molar-refractivity contribution in [2.75, 3.05) is 11.9 Å². The maximum atomic E-state index is 12.5. The first-order valence-corrected chi connectivity index (χ1v) is 10.6. The van der Waals surface area contributed by atoms with Gasteiger partial charge in [0.25, 0.3) is 5.91 Å². The van der Waals surface area contributed by atoms with Crippen LogP contribution in [0.3, 0.4) is 0 Å². The third kappa shape index (κ3) is 4.41. The average molecular weight is 402 g/mol. The number of hydrogen-bond donors (Lipinski definition) is 2. The summed E-state index contributed by atoms with van der Waals surface area (Å²) in [6.45, 7) is 3.86. The van der Waals surface area contributed by atoms with E-state index in [1.54, 1.807) is 19.1 Å². The van der Waals surface area contributed by atoms with Gasteiger partial charge in [-0.25, -0.2) is 18.1 Å². The van der Waals surface area contributed by atoms with Crippen molar-refractivity contribution in [3.8, 4) is 10.4 Å². The molecule has 6 nitrogen and oxygen atoms in total. The lowest BCUT2D eigenvalue weighted by Crippen LogP contribution is -2.23. The second-order valence-electron chi connectivity index (χ2n) is 5.78. The van der Waals surface area contributed by atoms with Crippen LogP contribution in [0.5, 0.6) is 0 Å². The number of sulfonamides is 1. The Hall–Kier alpha value is -2.55. The topological polar surface area (TPSA) is 88.2 Å². The van der Waals surface area contributed by atoms with Crippen LogP contribution >= 0.6 is 11.3 Å². The number of rotatable bonds is 6. The SMILES string of the molecule is CCNS(=O)(=O)c1cccc(C(=O)Nc2nc(C)c(-c3ccccc3)s2)c1. The molecule has 0 saturated heterocycles. The fraction of sp³-hybridized carbons (Fsp3) is 0.158. The van der Waals surface area contributed by atoms with Crippen LogP contribution in [0.1, 0.15) is 23.0 Å². The molecule has 0 spiro atoms. The molecule has 1 amide bonds. The smallest absolute Gasteiger partial charge is 0.257 e. The summed E-state index contributed by atoms with van der Waals surface area (Å²) in [5.41, 5.74) is 2.11. The van der Waals surface area contributed by atoms with Gasteiger partial charge in [-0.15, -0.1) is 0 Å². The molecule has 1 aromatic heterocycles. The summed E-state index contributed by atoms with van der Waals surface area (Å²) in [5, 5.41) is 3.22.